The summed E-state index contributed by atoms with van der Waals surface area (Å²) in [5.41, 5.74) is 3.23. The maximum Gasteiger partial charge on any atom is 0.191 e. The Labute approximate surface area is 175 Å². The molecule has 1 aromatic carbocycles. The molecule has 154 valence electrons. The largest absolute Gasteiger partial charge is 0.357 e. The maximum atomic E-state index is 4.74. The minimum Gasteiger partial charge on any atom is -0.357 e. The van der Waals surface area contributed by atoms with Crippen LogP contribution in [0.4, 0.5) is 0 Å². The monoisotopic (exact) mass is 402 g/mol. The molecule has 0 spiro atoms. The Hall–Kier alpha value is -3.68. The van der Waals surface area contributed by atoms with Gasteiger partial charge in [-0.3, -0.25) is 4.40 Å². The normalized spacial score (nSPS) is 11.7. The molecule has 0 bridgehead atoms. The lowest BCUT2D eigenvalue weighted by atomic mass is 10.1. The Morgan fingerprint density at radius 1 is 1.03 bits per heavy atom. The van der Waals surface area contributed by atoms with Gasteiger partial charge in [0.05, 0.1) is 13.1 Å². The highest BCUT2D eigenvalue weighted by molar-refractivity contribution is 5.79. The lowest BCUT2D eigenvalue weighted by molar-refractivity contribution is 0.758. The predicted octanol–water partition coefficient (Wildman–Crippen LogP) is 2.54. The number of pyridine rings is 1. The Kier molecular flexibility index (Phi) is 6.03. The number of hydrogen-bond donors (Lipinski definition) is 2. The Morgan fingerprint density at radius 3 is 2.77 bits per heavy atom. The van der Waals surface area contributed by atoms with Gasteiger partial charge in [-0.25, -0.2) is 9.98 Å². The number of rotatable bonds is 7. The molecule has 0 atom stereocenters. The molecule has 0 amide bonds. The fourth-order valence-electron chi connectivity index (χ4n) is 3.28. The zero-order valence-corrected chi connectivity index (χ0v) is 17.3. The molecule has 30 heavy (non-hydrogen) atoms. The molecule has 2 N–H and O–H groups in total. The van der Waals surface area contributed by atoms with Crippen LogP contribution < -0.4 is 10.6 Å². The number of fused-ring (bicyclic) bond motifs is 1. The van der Waals surface area contributed by atoms with Crippen LogP contribution in [0.15, 0.2) is 66.0 Å². The third-order valence-corrected chi connectivity index (χ3v) is 4.83. The summed E-state index contributed by atoms with van der Waals surface area (Å²) in [6.07, 6.45) is 5.79. The van der Waals surface area contributed by atoms with E-state index in [0.717, 1.165) is 41.9 Å². The number of nitrogens with zero attached hydrogens (tertiary/aromatic N) is 6. The summed E-state index contributed by atoms with van der Waals surface area (Å²) < 4.78 is 4.11. The van der Waals surface area contributed by atoms with E-state index in [0.29, 0.717) is 13.1 Å². The molecule has 0 radical (unpaired) electrons. The number of aryl methyl sites for hydroxylation is 1. The number of nitrogens with one attached hydrogen (secondary N) is 2. The van der Waals surface area contributed by atoms with E-state index in [1.165, 1.54) is 5.56 Å². The van der Waals surface area contributed by atoms with E-state index in [1.54, 1.807) is 0 Å². The van der Waals surface area contributed by atoms with Crippen LogP contribution >= 0.6 is 0 Å². The van der Waals surface area contributed by atoms with Gasteiger partial charge in [-0.1, -0.05) is 30.3 Å². The zero-order valence-electron chi connectivity index (χ0n) is 17.3. The molecule has 0 saturated carbocycles. The zero-order chi connectivity index (χ0) is 20.8. The van der Waals surface area contributed by atoms with E-state index >= 15 is 0 Å². The van der Waals surface area contributed by atoms with E-state index in [-0.39, 0.29) is 0 Å². The SMILES string of the molecule is CCNC(=NCc1cccc(Cn2ccnc2C)c1)NCc1nnc2ccccn12. The van der Waals surface area contributed by atoms with Crippen molar-refractivity contribution >= 4 is 11.6 Å². The van der Waals surface area contributed by atoms with E-state index < -0.39 is 0 Å². The van der Waals surface area contributed by atoms with Gasteiger partial charge in [0.2, 0.25) is 0 Å². The molecule has 8 heteroatoms. The topological polar surface area (TPSA) is 84.4 Å². The number of guanidine groups is 1. The first kappa shape index (κ1) is 19.6. The first-order valence-electron chi connectivity index (χ1n) is 10.1. The lowest BCUT2D eigenvalue weighted by Crippen LogP contribution is -2.37. The van der Waals surface area contributed by atoms with Gasteiger partial charge in [0.15, 0.2) is 17.4 Å². The molecule has 3 aromatic heterocycles. The Balaban J connectivity index is 1.42. The second-order valence-electron chi connectivity index (χ2n) is 7.02. The quantitative estimate of drug-likeness (QED) is 0.367. The van der Waals surface area contributed by atoms with Crippen LogP contribution in [-0.2, 0) is 19.6 Å². The summed E-state index contributed by atoms with van der Waals surface area (Å²) in [5, 5.41) is 15.1. The van der Waals surface area contributed by atoms with Crippen LogP contribution in [0.25, 0.3) is 5.65 Å². The van der Waals surface area contributed by atoms with E-state index in [9.17, 15) is 0 Å². The number of imidazole rings is 1. The molecule has 0 aliphatic heterocycles. The van der Waals surface area contributed by atoms with Crippen LogP contribution in [0.1, 0.15) is 29.7 Å². The fourth-order valence-corrected chi connectivity index (χ4v) is 3.28. The number of aromatic nitrogens is 5. The van der Waals surface area contributed by atoms with Crippen molar-refractivity contribution in [2.75, 3.05) is 6.54 Å². The van der Waals surface area contributed by atoms with Crippen molar-refractivity contribution in [1.29, 1.82) is 0 Å². The second-order valence-corrected chi connectivity index (χ2v) is 7.02. The van der Waals surface area contributed by atoms with E-state index in [1.807, 2.05) is 48.1 Å². The van der Waals surface area contributed by atoms with Gasteiger partial charge in [-0.05, 0) is 37.1 Å². The van der Waals surface area contributed by atoms with Crippen LogP contribution in [0, 0.1) is 6.92 Å². The Morgan fingerprint density at radius 2 is 1.93 bits per heavy atom. The van der Waals surface area contributed by atoms with Crippen LogP contribution in [-0.4, -0.2) is 36.7 Å². The van der Waals surface area contributed by atoms with Crippen LogP contribution in [0.3, 0.4) is 0 Å². The summed E-state index contributed by atoms with van der Waals surface area (Å²) in [6.45, 7) is 6.79. The first-order valence-corrected chi connectivity index (χ1v) is 10.1. The number of aliphatic imine (C=N–C) groups is 1. The molecule has 0 unspecified atom stereocenters. The highest BCUT2D eigenvalue weighted by Crippen LogP contribution is 2.10. The van der Waals surface area contributed by atoms with Crippen molar-refractivity contribution in [1.82, 2.24) is 34.8 Å². The van der Waals surface area contributed by atoms with E-state index in [2.05, 4.69) is 61.6 Å². The van der Waals surface area contributed by atoms with Gasteiger partial charge >= 0.3 is 0 Å². The highest BCUT2D eigenvalue weighted by Gasteiger charge is 2.06. The van der Waals surface area contributed by atoms with Gasteiger partial charge in [0.1, 0.15) is 5.82 Å². The average molecular weight is 403 g/mol. The minimum absolute atomic E-state index is 0.539. The molecule has 4 aromatic rings. The molecule has 0 saturated heterocycles. The van der Waals surface area contributed by atoms with Crippen molar-refractivity contribution < 1.29 is 0 Å². The second kappa shape index (κ2) is 9.21. The fraction of sp³-hybridized carbons (Fsp3) is 0.273. The van der Waals surface area contributed by atoms with Gasteiger partial charge < -0.3 is 15.2 Å². The predicted molar refractivity (Wildman–Crippen MR) is 117 cm³/mol. The number of benzene rings is 1. The summed E-state index contributed by atoms with van der Waals surface area (Å²) in [5.74, 6) is 2.60. The average Bonchev–Trinajstić information content (AvgIpc) is 3.36. The molecule has 0 aliphatic carbocycles. The van der Waals surface area contributed by atoms with Crippen LogP contribution in [0.5, 0.6) is 0 Å². The highest BCUT2D eigenvalue weighted by atomic mass is 15.3. The molecular formula is C22H26N8. The molecule has 4 rings (SSSR count). The third kappa shape index (κ3) is 4.65. The molecular weight excluding hydrogens is 376 g/mol. The summed E-state index contributed by atoms with van der Waals surface area (Å²) in [7, 11) is 0. The summed E-state index contributed by atoms with van der Waals surface area (Å²) >= 11 is 0. The lowest BCUT2D eigenvalue weighted by Gasteiger charge is -2.11. The molecule has 0 fully saturated rings. The Bertz CT molecular complexity index is 1140. The van der Waals surface area contributed by atoms with Crippen LogP contribution in [0.2, 0.25) is 0 Å². The van der Waals surface area contributed by atoms with Crippen molar-refractivity contribution in [2.45, 2.75) is 33.5 Å². The third-order valence-electron chi connectivity index (χ3n) is 4.83. The summed E-state index contributed by atoms with van der Waals surface area (Å²) in [6, 6.07) is 14.4. The molecule has 8 nitrogen and oxygen atoms in total. The van der Waals surface area contributed by atoms with Gasteiger partial charge in [0, 0.05) is 31.7 Å². The smallest absolute Gasteiger partial charge is 0.191 e. The first-order chi connectivity index (χ1) is 14.7. The van der Waals surface area contributed by atoms with Gasteiger partial charge in [-0.15, -0.1) is 10.2 Å². The van der Waals surface area contributed by atoms with Gasteiger partial charge in [-0.2, -0.15) is 0 Å². The maximum absolute atomic E-state index is 4.74. The van der Waals surface area contributed by atoms with Crippen molar-refractivity contribution in [3.05, 3.63) is 83.8 Å². The van der Waals surface area contributed by atoms with E-state index in [4.69, 9.17) is 4.99 Å². The van der Waals surface area contributed by atoms with Gasteiger partial charge in [0.25, 0.3) is 0 Å². The molecule has 0 aliphatic rings. The van der Waals surface area contributed by atoms with Crippen molar-refractivity contribution in [2.24, 2.45) is 4.99 Å². The minimum atomic E-state index is 0.539. The number of hydrogen-bond acceptors (Lipinski definition) is 4. The summed E-state index contributed by atoms with van der Waals surface area (Å²) in [4.78, 5) is 9.03. The standard InChI is InChI=1S/C22H26N8/c1-3-23-22(26-15-21-28-27-20-9-4-5-11-30(20)21)25-14-18-7-6-8-19(13-18)16-29-12-10-24-17(29)2/h4-13H,3,14-16H2,1-2H3,(H2,23,25,26). The van der Waals surface area contributed by atoms with Crippen molar-refractivity contribution in [3.63, 3.8) is 0 Å². The van der Waals surface area contributed by atoms with Crippen molar-refractivity contribution in [3.8, 4) is 0 Å². The molecule has 3 heterocycles.